The fourth-order valence-corrected chi connectivity index (χ4v) is 3.28. The lowest BCUT2D eigenvalue weighted by molar-refractivity contribution is -0.255. The van der Waals surface area contributed by atoms with Crippen LogP contribution in [0.15, 0.2) is 78.4 Å². The third-order valence-electron chi connectivity index (χ3n) is 5.01. The number of barbiturate groups is 1. The molecule has 1 fully saturated rings. The lowest BCUT2D eigenvalue weighted by Gasteiger charge is -2.26. The number of carbonyl (C=O) groups is 4. The molecule has 0 bridgehead atoms. The molecule has 1 saturated heterocycles. The largest absolute Gasteiger partial charge is 0.545 e. The number of aromatic hydroxyl groups is 1. The Morgan fingerprint density at radius 1 is 0.971 bits per heavy atom. The van der Waals surface area contributed by atoms with Crippen LogP contribution in [0.25, 0.3) is 6.08 Å². The van der Waals surface area contributed by atoms with Gasteiger partial charge in [0.15, 0.2) is 0 Å². The highest BCUT2D eigenvalue weighted by Gasteiger charge is 2.37. The molecule has 0 aliphatic carbocycles. The predicted octanol–water partition coefficient (Wildman–Crippen LogP) is 2.00. The Morgan fingerprint density at radius 2 is 1.65 bits per heavy atom. The van der Waals surface area contributed by atoms with Crippen molar-refractivity contribution in [1.29, 1.82) is 0 Å². The number of nitrogens with zero attached hydrogens (tertiary/aromatic N) is 1. The molecule has 34 heavy (non-hydrogen) atoms. The van der Waals surface area contributed by atoms with E-state index in [0.717, 1.165) is 4.90 Å². The molecule has 3 aromatic carbocycles. The summed E-state index contributed by atoms with van der Waals surface area (Å²) in [6, 6.07) is 17.2. The zero-order chi connectivity index (χ0) is 24.2. The van der Waals surface area contributed by atoms with Gasteiger partial charge in [0.2, 0.25) is 0 Å². The molecule has 1 aliphatic heterocycles. The monoisotopic (exact) mass is 457 g/mol. The third kappa shape index (κ3) is 4.63. The number of aromatic carboxylic acids is 1. The number of carbonyl (C=O) groups excluding carboxylic acids is 4. The zero-order valence-electron chi connectivity index (χ0n) is 17.6. The van der Waals surface area contributed by atoms with Gasteiger partial charge in [-0.05, 0) is 47.5 Å². The Hall–Kier alpha value is -4.92. The number of amides is 4. The van der Waals surface area contributed by atoms with Crippen LogP contribution in [0.2, 0.25) is 0 Å². The molecule has 0 aromatic heterocycles. The van der Waals surface area contributed by atoms with E-state index in [2.05, 4.69) is 5.32 Å². The van der Waals surface area contributed by atoms with Gasteiger partial charge in [-0.1, -0.05) is 42.5 Å². The van der Waals surface area contributed by atoms with Crippen molar-refractivity contribution >= 4 is 35.6 Å². The number of carboxylic acid groups (broad SMARTS) is 1. The summed E-state index contributed by atoms with van der Waals surface area (Å²) in [5.74, 6) is -2.63. The van der Waals surface area contributed by atoms with Crippen molar-refractivity contribution in [2.24, 2.45) is 0 Å². The first kappa shape index (κ1) is 22.3. The topological polar surface area (TPSA) is 136 Å². The number of urea groups is 1. The number of phenolic OH excluding ortho intramolecular Hbond substituents is 1. The van der Waals surface area contributed by atoms with E-state index >= 15 is 0 Å². The second kappa shape index (κ2) is 9.29. The Balaban J connectivity index is 1.59. The number of nitrogens with one attached hydrogen (secondary N) is 1. The SMILES string of the molecule is O=C1NC(=O)N(c2ccc(O)cc2)C(=O)/C1=C\c1ccccc1OCc1ccc(C(=O)[O-])cc1. The van der Waals surface area contributed by atoms with Crippen molar-refractivity contribution in [3.8, 4) is 11.5 Å². The minimum atomic E-state index is -1.28. The van der Waals surface area contributed by atoms with Gasteiger partial charge in [-0.15, -0.1) is 0 Å². The second-order valence-corrected chi connectivity index (χ2v) is 7.29. The van der Waals surface area contributed by atoms with Gasteiger partial charge in [0.05, 0.1) is 11.7 Å². The summed E-state index contributed by atoms with van der Waals surface area (Å²) >= 11 is 0. The maximum atomic E-state index is 13.0. The minimum absolute atomic E-state index is 0.0409. The van der Waals surface area contributed by atoms with Gasteiger partial charge in [0.25, 0.3) is 11.8 Å². The molecule has 9 heteroatoms. The van der Waals surface area contributed by atoms with E-state index in [0.29, 0.717) is 16.9 Å². The van der Waals surface area contributed by atoms with Gasteiger partial charge in [0, 0.05) is 5.56 Å². The Morgan fingerprint density at radius 3 is 2.32 bits per heavy atom. The molecule has 9 nitrogen and oxygen atoms in total. The van der Waals surface area contributed by atoms with Crippen LogP contribution >= 0.6 is 0 Å². The first-order valence-electron chi connectivity index (χ1n) is 10.1. The van der Waals surface area contributed by atoms with E-state index in [1.165, 1.54) is 42.5 Å². The van der Waals surface area contributed by atoms with Crippen LogP contribution in [0.3, 0.4) is 0 Å². The summed E-state index contributed by atoms with van der Waals surface area (Å²) in [6.07, 6.45) is 1.33. The van der Waals surface area contributed by atoms with E-state index in [-0.39, 0.29) is 29.2 Å². The molecule has 1 aliphatic rings. The quantitative estimate of drug-likeness (QED) is 0.427. The van der Waals surface area contributed by atoms with Crippen molar-refractivity contribution in [3.63, 3.8) is 0 Å². The van der Waals surface area contributed by atoms with Gasteiger partial charge in [0.1, 0.15) is 23.7 Å². The molecule has 0 saturated carbocycles. The number of carboxylic acids is 1. The number of benzene rings is 3. The van der Waals surface area contributed by atoms with Crippen molar-refractivity contribution in [2.75, 3.05) is 4.90 Å². The van der Waals surface area contributed by atoms with E-state index in [9.17, 15) is 29.4 Å². The van der Waals surface area contributed by atoms with Crippen LogP contribution in [0.5, 0.6) is 11.5 Å². The number of hydrogen-bond acceptors (Lipinski definition) is 7. The molecule has 0 spiro atoms. The molecule has 4 rings (SSSR count). The van der Waals surface area contributed by atoms with Crippen molar-refractivity contribution in [1.82, 2.24) is 5.32 Å². The second-order valence-electron chi connectivity index (χ2n) is 7.29. The Labute approximate surface area is 193 Å². The van der Waals surface area contributed by atoms with Gasteiger partial charge in [-0.25, -0.2) is 9.69 Å². The van der Waals surface area contributed by atoms with Crippen LogP contribution < -0.4 is 20.1 Å². The molecule has 0 unspecified atom stereocenters. The van der Waals surface area contributed by atoms with E-state index in [1.807, 2.05) is 0 Å². The fourth-order valence-electron chi connectivity index (χ4n) is 3.28. The Kier molecular flexibility index (Phi) is 6.09. The molecule has 170 valence electrons. The van der Waals surface area contributed by atoms with Crippen LogP contribution in [0.4, 0.5) is 10.5 Å². The molecule has 0 atom stereocenters. The Bertz CT molecular complexity index is 1310. The summed E-state index contributed by atoms with van der Waals surface area (Å²) in [4.78, 5) is 49.5. The van der Waals surface area contributed by atoms with Crippen LogP contribution in [-0.2, 0) is 16.2 Å². The summed E-state index contributed by atoms with van der Waals surface area (Å²) in [5.41, 5.74) is 1.07. The van der Waals surface area contributed by atoms with Crippen molar-refractivity contribution in [2.45, 2.75) is 6.61 Å². The zero-order valence-corrected chi connectivity index (χ0v) is 17.6. The van der Waals surface area contributed by atoms with E-state index in [1.54, 1.807) is 36.4 Å². The fraction of sp³-hybridized carbons (Fsp3) is 0.0400. The van der Waals surface area contributed by atoms with Crippen LogP contribution in [0, 0.1) is 0 Å². The number of para-hydroxylation sites is 1. The van der Waals surface area contributed by atoms with E-state index in [4.69, 9.17) is 4.74 Å². The number of ether oxygens (including phenoxy) is 1. The molecular formula is C25H17N2O7-. The van der Waals surface area contributed by atoms with Gasteiger partial charge in [-0.3, -0.25) is 14.9 Å². The molecule has 2 N–H and O–H groups in total. The number of rotatable bonds is 6. The standard InChI is InChI=1S/C25H18N2O7/c28-19-11-9-18(10-12-19)27-23(30)20(22(29)26-25(27)33)13-17-3-1-2-4-21(17)34-14-15-5-7-16(8-6-15)24(31)32/h1-13,28H,14H2,(H,31,32)(H,26,29,33)/p-1/b20-13-. The number of anilines is 1. The van der Waals surface area contributed by atoms with Gasteiger partial charge < -0.3 is 19.7 Å². The van der Waals surface area contributed by atoms with Crippen molar-refractivity contribution in [3.05, 3.63) is 95.1 Å². The highest BCUT2D eigenvalue weighted by molar-refractivity contribution is 6.39. The average molecular weight is 457 g/mol. The van der Waals surface area contributed by atoms with Gasteiger partial charge >= 0.3 is 6.03 Å². The summed E-state index contributed by atoms with van der Waals surface area (Å²) < 4.78 is 5.82. The lowest BCUT2D eigenvalue weighted by atomic mass is 10.1. The molecule has 1 heterocycles. The summed E-state index contributed by atoms with van der Waals surface area (Å²) in [5, 5.41) is 22.5. The molecule has 3 aromatic rings. The number of phenols is 1. The van der Waals surface area contributed by atoms with Gasteiger partial charge in [-0.2, -0.15) is 0 Å². The minimum Gasteiger partial charge on any atom is -0.545 e. The number of imide groups is 2. The summed E-state index contributed by atoms with van der Waals surface area (Å²) in [7, 11) is 0. The first-order chi connectivity index (χ1) is 16.3. The molecule has 0 radical (unpaired) electrons. The smallest absolute Gasteiger partial charge is 0.335 e. The maximum absolute atomic E-state index is 13.0. The van der Waals surface area contributed by atoms with Crippen molar-refractivity contribution < 1.29 is 34.1 Å². The normalized spacial score (nSPS) is 14.8. The van der Waals surface area contributed by atoms with E-state index < -0.39 is 23.8 Å². The maximum Gasteiger partial charge on any atom is 0.335 e. The lowest BCUT2D eigenvalue weighted by Crippen LogP contribution is -2.54. The highest BCUT2D eigenvalue weighted by Crippen LogP contribution is 2.27. The molecular weight excluding hydrogens is 440 g/mol. The number of hydrogen-bond donors (Lipinski definition) is 2. The van der Waals surface area contributed by atoms with Crippen LogP contribution in [-0.4, -0.2) is 28.9 Å². The summed E-state index contributed by atoms with van der Waals surface area (Å²) in [6.45, 7) is 0.103. The predicted molar refractivity (Wildman–Crippen MR) is 119 cm³/mol. The average Bonchev–Trinajstić information content (AvgIpc) is 2.82. The molecule has 4 amide bonds. The third-order valence-corrected chi connectivity index (χ3v) is 5.01. The first-order valence-corrected chi connectivity index (χ1v) is 10.1. The highest BCUT2D eigenvalue weighted by atomic mass is 16.5. The van der Waals surface area contributed by atoms with Crippen LogP contribution in [0.1, 0.15) is 21.5 Å².